The van der Waals surface area contributed by atoms with Gasteiger partial charge in [-0.2, -0.15) is 18.2 Å². The molecule has 0 unspecified atom stereocenters. The lowest BCUT2D eigenvalue weighted by molar-refractivity contribution is -0.137. The molecule has 0 amide bonds. The molecule has 176 valence electrons. The molecule has 0 bridgehead atoms. The molecule has 3 rings (SSSR count). The van der Waals surface area contributed by atoms with Crippen molar-refractivity contribution in [2.45, 2.75) is 58.7 Å². The third-order valence-corrected chi connectivity index (χ3v) is 5.42. The number of para-hydroxylation sites is 1. The van der Waals surface area contributed by atoms with Crippen LogP contribution in [0.2, 0.25) is 0 Å². The van der Waals surface area contributed by atoms with E-state index in [1.165, 1.54) is 0 Å². The van der Waals surface area contributed by atoms with Gasteiger partial charge in [-0.25, -0.2) is 4.98 Å². The molecule has 33 heavy (non-hydrogen) atoms. The molecule has 0 saturated carbocycles. The first-order valence-electron chi connectivity index (χ1n) is 11.4. The molecule has 7 heteroatoms. The number of hydrogen-bond acceptors (Lipinski definition) is 4. The molecule has 3 aromatic rings. The molecule has 0 aliphatic heterocycles. The number of unbranched alkanes of at least 4 members (excludes halogenated alkanes) is 3. The number of alkyl halides is 3. The van der Waals surface area contributed by atoms with E-state index in [-0.39, 0.29) is 18.4 Å². The summed E-state index contributed by atoms with van der Waals surface area (Å²) in [5.41, 5.74) is 1.74. The summed E-state index contributed by atoms with van der Waals surface area (Å²) in [5.74, 6) is -0.191. The number of benzene rings is 2. The van der Waals surface area contributed by atoms with E-state index in [0.717, 1.165) is 55.1 Å². The Bertz CT molecular complexity index is 1010. The van der Waals surface area contributed by atoms with Gasteiger partial charge in [-0.1, -0.05) is 74.7 Å². The minimum Gasteiger partial charge on any atom is -0.459 e. The average Bonchev–Trinajstić information content (AvgIpc) is 2.82. The molecular weight excluding hydrogens is 427 g/mol. The van der Waals surface area contributed by atoms with Crippen molar-refractivity contribution in [1.82, 2.24) is 9.97 Å². The topological polar surface area (TPSA) is 38.2 Å². The summed E-state index contributed by atoms with van der Waals surface area (Å²) in [7, 11) is 0. The van der Waals surface area contributed by atoms with Gasteiger partial charge in [-0.15, -0.1) is 0 Å². The molecular formula is C26H30F3N3O. The number of halogens is 3. The molecule has 0 fully saturated rings. The third-order valence-electron chi connectivity index (χ3n) is 5.42. The quantitative estimate of drug-likeness (QED) is 0.282. The second-order valence-corrected chi connectivity index (χ2v) is 7.85. The maximum Gasteiger partial charge on any atom is 0.421 e. The van der Waals surface area contributed by atoms with E-state index in [4.69, 9.17) is 4.74 Å². The monoisotopic (exact) mass is 457 g/mol. The highest BCUT2D eigenvalue weighted by Crippen LogP contribution is 2.39. The highest BCUT2D eigenvalue weighted by atomic mass is 19.4. The van der Waals surface area contributed by atoms with Gasteiger partial charge in [-0.05, 0) is 37.0 Å². The van der Waals surface area contributed by atoms with E-state index < -0.39 is 11.7 Å². The Morgan fingerprint density at radius 2 is 1.64 bits per heavy atom. The van der Waals surface area contributed by atoms with Crippen molar-refractivity contribution in [3.05, 3.63) is 77.5 Å². The second kappa shape index (κ2) is 11.7. The van der Waals surface area contributed by atoms with Crippen molar-refractivity contribution in [2.24, 2.45) is 0 Å². The molecule has 1 aromatic heterocycles. The summed E-state index contributed by atoms with van der Waals surface area (Å²) < 4.78 is 47.3. The van der Waals surface area contributed by atoms with Crippen LogP contribution in [0.15, 0.2) is 60.8 Å². The van der Waals surface area contributed by atoms with Crippen LogP contribution in [0.3, 0.4) is 0 Å². The van der Waals surface area contributed by atoms with Crippen LogP contribution in [0.1, 0.15) is 56.2 Å². The van der Waals surface area contributed by atoms with Crippen LogP contribution in [-0.4, -0.2) is 16.5 Å². The lowest BCUT2D eigenvalue weighted by Gasteiger charge is -2.27. The Morgan fingerprint density at radius 1 is 0.909 bits per heavy atom. The highest BCUT2D eigenvalue weighted by Gasteiger charge is 2.37. The molecule has 0 N–H and O–H groups in total. The predicted molar refractivity (Wildman–Crippen MR) is 125 cm³/mol. The number of nitrogens with zero attached hydrogens (tertiary/aromatic N) is 3. The van der Waals surface area contributed by atoms with Crippen LogP contribution >= 0.6 is 0 Å². The molecule has 4 nitrogen and oxygen atoms in total. The molecule has 0 radical (unpaired) electrons. The molecule has 0 spiro atoms. The van der Waals surface area contributed by atoms with Crippen molar-refractivity contribution in [2.75, 3.05) is 11.4 Å². The lowest BCUT2D eigenvalue weighted by Crippen LogP contribution is -2.24. The van der Waals surface area contributed by atoms with Gasteiger partial charge in [0.05, 0.1) is 0 Å². The Morgan fingerprint density at radius 3 is 2.33 bits per heavy atom. The SMILES string of the molecule is CCCCCCc1ccccc1N(CC)c1nc(OCc2ccccc2)ncc1C(F)(F)F. The normalized spacial score (nSPS) is 11.4. The second-order valence-electron chi connectivity index (χ2n) is 7.85. The number of aromatic nitrogens is 2. The number of ether oxygens (including phenoxy) is 1. The van der Waals surface area contributed by atoms with E-state index in [9.17, 15) is 13.2 Å². The van der Waals surface area contributed by atoms with Crippen molar-refractivity contribution < 1.29 is 17.9 Å². The van der Waals surface area contributed by atoms with Crippen LogP contribution in [-0.2, 0) is 19.2 Å². The fourth-order valence-corrected chi connectivity index (χ4v) is 3.72. The van der Waals surface area contributed by atoms with E-state index in [0.29, 0.717) is 6.54 Å². The summed E-state index contributed by atoms with van der Waals surface area (Å²) >= 11 is 0. The lowest BCUT2D eigenvalue weighted by atomic mass is 10.0. The van der Waals surface area contributed by atoms with Crippen molar-refractivity contribution in [3.63, 3.8) is 0 Å². The largest absolute Gasteiger partial charge is 0.459 e. The zero-order valence-corrected chi connectivity index (χ0v) is 19.1. The number of hydrogen-bond donors (Lipinski definition) is 0. The van der Waals surface area contributed by atoms with Crippen LogP contribution in [0.5, 0.6) is 6.01 Å². The van der Waals surface area contributed by atoms with Crippen LogP contribution < -0.4 is 9.64 Å². The Hall–Kier alpha value is -3.09. The fraction of sp³-hybridized carbons (Fsp3) is 0.385. The predicted octanol–water partition coefficient (Wildman–Crippen LogP) is 7.36. The third kappa shape index (κ3) is 6.70. The van der Waals surface area contributed by atoms with Crippen LogP contribution in [0.25, 0.3) is 0 Å². The van der Waals surface area contributed by atoms with Crippen molar-refractivity contribution in [3.8, 4) is 6.01 Å². The van der Waals surface area contributed by atoms with E-state index in [2.05, 4.69) is 16.9 Å². The molecule has 0 saturated heterocycles. The molecule has 0 aliphatic carbocycles. The summed E-state index contributed by atoms with van der Waals surface area (Å²) in [6.07, 6.45) is 1.39. The average molecular weight is 458 g/mol. The zero-order valence-electron chi connectivity index (χ0n) is 19.1. The minimum atomic E-state index is -4.59. The summed E-state index contributed by atoms with van der Waals surface area (Å²) in [4.78, 5) is 9.68. The van der Waals surface area contributed by atoms with Crippen LogP contribution in [0, 0.1) is 0 Å². The van der Waals surface area contributed by atoms with E-state index >= 15 is 0 Å². The van der Waals surface area contributed by atoms with Crippen LogP contribution in [0.4, 0.5) is 24.7 Å². The maximum absolute atomic E-state index is 13.9. The van der Waals surface area contributed by atoms with Crippen molar-refractivity contribution >= 4 is 11.5 Å². The summed E-state index contributed by atoms with van der Waals surface area (Å²) in [6, 6.07) is 16.9. The maximum atomic E-state index is 13.9. The minimum absolute atomic E-state index is 0.0827. The standard InChI is InChI=1S/C26H30F3N3O/c1-3-5-6-10-15-21-16-11-12-17-23(21)32(4-2)24-22(26(27,28)29)18-30-25(31-24)33-19-20-13-8-7-9-14-20/h7-9,11-14,16-18H,3-6,10,15,19H2,1-2H3. The molecule has 0 aliphatic rings. The van der Waals surface area contributed by atoms with Gasteiger partial charge >= 0.3 is 12.2 Å². The Kier molecular flexibility index (Phi) is 8.69. The van der Waals surface area contributed by atoms with Gasteiger partial charge in [0.15, 0.2) is 5.82 Å². The van der Waals surface area contributed by atoms with Gasteiger partial charge < -0.3 is 9.64 Å². The first kappa shape index (κ1) is 24.6. The Balaban J connectivity index is 1.94. The molecule has 2 aromatic carbocycles. The number of aryl methyl sites for hydroxylation is 1. The Labute approximate surface area is 193 Å². The van der Waals surface area contributed by atoms with Crippen molar-refractivity contribution in [1.29, 1.82) is 0 Å². The molecule has 0 atom stereocenters. The van der Waals surface area contributed by atoms with Gasteiger partial charge in [0.2, 0.25) is 0 Å². The summed E-state index contributed by atoms with van der Waals surface area (Å²) in [5, 5.41) is 0. The van der Waals surface area contributed by atoms with E-state index in [1.807, 2.05) is 61.5 Å². The first-order chi connectivity index (χ1) is 15.9. The summed E-state index contributed by atoms with van der Waals surface area (Å²) in [6.45, 7) is 4.47. The number of anilines is 2. The van der Waals surface area contributed by atoms with Gasteiger partial charge in [-0.3, -0.25) is 0 Å². The zero-order chi connectivity index (χ0) is 23.7. The van der Waals surface area contributed by atoms with Gasteiger partial charge in [0, 0.05) is 18.4 Å². The van der Waals surface area contributed by atoms with Gasteiger partial charge in [0.1, 0.15) is 12.2 Å². The first-order valence-corrected chi connectivity index (χ1v) is 11.4. The van der Waals surface area contributed by atoms with Gasteiger partial charge in [0.25, 0.3) is 0 Å². The smallest absolute Gasteiger partial charge is 0.421 e. The fourth-order valence-electron chi connectivity index (χ4n) is 3.72. The highest BCUT2D eigenvalue weighted by molar-refractivity contribution is 5.66. The van der Waals surface area contributed by atoms with E-state index in [1.54, 1.807) is 4.90 Å². The molecule has 1 heterocycles. The number of rotatable bonds is 11.